The number of benzene rings is 5. The summed E-state index contributed by atoms with van der Waals surface area (Å²) >= 11 is 1.59. The van der Waals surface area contributed by atoms with Crippen molar-refractivity contribution in [3.05, 3.63) is 151 Å². The molecule has 0 fully saturated rings. The SMILES string of the molecule is Oc1ccccc1-c1nc2c(-c3cc(-c4ccccc4)cc(-c4cc(Cc5ccccc5)ccn4)c3)cccc2s1. The van der Waals surface area contributed by atoms with E-state index in [9.17, 15) is 5.11 Å². The molecule has 0 atom stereocenters. The fourth-order valence-corrected chi connectivity index (χ4v) is 6.28. The molecular weight excluding hydrogens is 520 g/mol. The molecule has 7 rings (SSSR count). The number of hydrogen-bond acceptors (Lipinski definition) is 4. The van der Waals surface area contributed by atoms with Crippen LogP contribution in [-0.4, -0.2) is 15.1 Å². The summed E-state index contributed by atoms with van der Waals surface area (Å²) < 4.78 is 1.08. The molecule has 1 N–H and O–H groups in total. The van der Waals surface area contributed by atoms with Crippen LogP contribution in [0.15, 0.2) is 140 Å². The van der Waals surface area contributed by atoms with E-state index < -0.39 is 0 Å². The van der Waals surface area contributed by atoms with E-state index in [1.165, 1.54) is 11.1 Å². The number of nitrogens with zero attached hydrogens (tertiary/aromatic N) is 2. The minimum Gasteiger partial charge on any atom is -0.507 e. The van der Waals surface area contributed by atoms with Crippen molar-refractivity contribution < 1.29 is 5.11 Å². The Kier molecular flexibility index (Phi) is 6.59. The summed E-state index contributed by atoms with van der Waals surface area (Å²) in [5.74, 6) is 0.239. The fourth-order valence-electron chi connectivity index (χ4n) is 5.25. The van der Waals surface area contributed by atoms with Gasteiger partial charge in [0.1, 0.15) is 10.8 Å². The molecule has 7 aromatic rings. The lowest BCUT2D eigenvalue weighted by Gasteiger charge is -2.12. The van der Waals surface area contributed by atoms with Gasteiger partial charge in [-0.3, -0.25) is 4.98 Å². The number of para-hydroxylation sites is 2. The van der Waals surface area contributed by atoms with Crippen LogP contribution < -0.4 is 0 Å². The second kappa shape index (κ2) is 10.8. The fraction of sp³-hybridized carbons (Fsp3) is 0.0270. The van der Waals surface area contributed by atoms with Crippen molar-refractivity contribution in [3.8, 4) is 49.8 Å². The molecule has 2 aromatic heterocycles. The molecule has 0 aliphatic heterocycles. The molecule has 0 bridgehead atoms. The summed E-state index contributed by atoms with van der Waals surface area (Å²) in [4.78, 5) is 9.82. The Balaban J connectivity index is 1.37. The van der Waals surface area contributed by atoms with Gasteiger partial charge in [0.15, 0.2) is 0 Å². The molecule has 4 heteroatoms. The van der Waals surface area contributed by atoms with Crippen molar-refractivity contribution in [2.75, 3.05) is 0 Å². The molecule has 196 valence electrons. The molecule has 3 nitrogen and oxygen atoms in total. The first kappa shape index (κ1) is 24.9. The smallest absolute Gasteiger partial charge is 0.128 e. The third-order valence-electron chi connectivity index (χ3n) is 7.28. The van der Waals surface area contributed by atoms with E-state index >= 15 is 0 Å². The number of fused-ring (bicyclic) bond motifs is 1. The van der Waals surface area contributed by atoms with E-state index in [4.69, 9.17) is 9.97 Å². The molecule has 0 saturated carbocycles. The zero-order chi connectivity index (χ0) is 27.6. The number of hydrogen-bond donors (Lipinski definition) is 1. The maximum atomic E-state index is 10.5. The van der Waals surface area contributed by atoms with Crippen LogP contribution in [0.2, 0.25) is 0 Å². The molecule has 0 unspecified atom stereocenters. The van der Waals surface area contributed by atoms with Gasteiger partial charge in [-0.2, -0.15) is 0 Å². The summed E-state index contributed by atoms with van der Waals surface area (Å²) in [7, 11) is 0. The van der Waals surface area contributed by atoms with E-state index in [1.54, 1.807) is 17.4 Å². The Morgan fingerprint density at radius 2 is 1.27 bits per heavy atom. The van der Waals surface area contributed by atoms with Crippen LogP contribution in [0.4, 0.5) is 0 Å². The predicted molar refractivity (Wildman–Crippen MR) is 170 cm³/mol. The first-order valence-electron chi connectivity index (χ1n) is 13.6. The van der Waals surface area contributed by atoms with Gasteiger partial charge < -0.3 is 5.11 Å². The standard InChI is InChI=1S/C37H26N2OS/c40-34-16-8-7-14-32(34)37-39-36-31(15-9-17-35(36)41-37)29-22-28(27-12-5-2-6-13-27)23-30(24-29)33-21-26(18-19-38-33)20-25-10-3-1-4-11-25/h1-19,21-24,40H,20H2. The van der Waals surface area contributed by atoms with E-state index in [0.29, 0.717) is 0 Å². The lowest BCUT2D eigenvalue weighted by Crippen LogP contribution is -1.92. The first-order valence-corrected chi connectivity index (χ1v) is 14.4. The summed E-state index contributed by atoms with van der Waals surface area (Å²) in [6.45, 7) is 0. The maximum Gasteiger partial charge on any atom is 0.128 e. The van der Waals surface area contributed by atoms with Gasteiger partial charge in [0.05, 0.1) is 21.5 Å². The Morgan fingerprint density at radius 3 is 2.10 bits per heavy atom. The van der Waals surface area contributed by atoms with Crippen LogP contribution in [-0.2, 0) is 6.42 Å². The quantitative estimate of drug-likeness (QED) is 0.226. The van der Waals surface area contributed by atoms with Gasteiger partial charge in [0.2, 0.25) is 0 Å². The summed E-state index contributed by atoms with van der Waals surface area (Å²) in [5.41, 5.74) is 10.6. The van der Waals surface area contributed by atoms with Crippen molar-refractivity contribution in [2.45, 2.75) is 6.42 Å². The maximum absolute atomic E-state index is 10.5. The Labute approximate surface area is 243 Å². The highest BCUT2D eigenvalue weighted by Crippen LogP contribution is 2.40. The lowest BCUT2D eigenvalue weighted by molar-refractivity contribution is 0.477. The molecule has 2 heterocycles. The molecule has 5 aromatic carbocycles. The van der Waals surface area contributed by atoms with E-state index in [-0.39, 0.29) is 5.75 Å². The van der Waals surface area contributed by atoms with Crippen LogP contribution in [0, 0.1) is 0 Å². The van der Waals surface area contributed by atoms with Crippen molar-refractivity contribution in [1.82, 2.24) is 9.97 Å². The number of phenolic OH excluding ortho intramolecular Hbond substituents is 1. The average molecular weight is 547 g/mol. The monoisotopic (exact) mass is 546 g/mol. The summed E-state index contributed by atoms with van der Waals surface area (Å²) in [6, 6.07) is 45.6. The third-order valence-corrected chi connectivity index (χ3v) is 8.33. The van der Waals surface area contributed by atoms with E-state index in [2.05, 4.69) is 97.1 Å². The Bertz CT molecular complexity index is 1980. The second-order valence-electron chi connectivity index (χ2n) is 10.1. The normalized spacial score (nSPS) is 11.1. The predicted octanol–water partition coefficient (Wildman–Crippen LogP) is 9.66. The highest BCUT2D eigenvalue weighted by atomic mass is 32.1. The number of thiazole rings is 1. The summed E-state index contributed by atoms with van der Waals surface area (Å²) in [5, 5.41) is 11.3. The number of pyridine rings is 1. The van der Waals surface area contributed by atoms with Crippen molar-refractivity contribution in [1.29, 1.82) is 0 Å². The van der Waals surface area contributed by atoms with E-state index in [1.807, 2.05) is 36.5 Å². The first-order chi connectivity index (χ1) is 20.2. The van der Waals surface area contributed by atoms with Gasteiger partial charge in [-0.1, -0.05) is 84.9 Å². The molecule has 0 saturated heterocycles. The van der Waals surface area contributed by atoms with E-state index in [0.717, 1.165) is 60.7 Å². The molecular formula is C37H26N2OS. The number of aromatic hydroxyl groups is 1. The second-order valence-corrected chi connectivity index (χ2v) is 11.1. The van der Waals surface area contributed by atoms with Gasteiger partial charge in [-0.15, -0.1) is 11.3 Å². The zero-order valence-corrected chi connectivity index (χ0v) is 23.1. The minimum atomic E-state index is 0.239. The van der Waals surface area contributed by atoms with Gasteiger partial charge in [-0.05, 0) is 82.8 Å². The summed E-state index contributed by atoms with van der Waals surface area (Å²) in [6.07, 6.45) is 2.76. The lowest BCUT2D eigenvalue weighted by atomic mass is 9.94. The van der Waals surface area contributed by atoms with Crippen LogP contribution in [0.1, 0.15) is 11.1 Å². The number of rotatable bonds is 6. The minimum absolute atomic E-state index is 0.239. The molecule has 0 amide bonds. The highest BCUT2D eigenvalue weighted by Gasteiger charge is 2.15. The molecule has 0 radical (unpaired) electrons. The number of aromatic nitrogens is 2. The highest BCUT2D eigenvalue weighted by molar-refractivity contribution is 7.21. The molecule has 41 heavy (non-hydrogen) atoms. The zero-order valence-electron chi connectivity index (χ0n) is 22.2. The van der Waals surface area contributed by atoms with Gasteiger partial charge in [-0.25, -0.2) is 4.98 Å². The topological polar surface area (TPSA) is 46.0 Å². The third kappa shape index (κ3) is 5.13. The van der Waals surface area contributed by atoms with Crippen LogP contribution in [0.5, 0.6) is 5.75 Å². The Hall–Kier alpha value is -5.06. The largest absolute Gasteiger partial charge is 0.507 e. The average Bonchev–Trinajstić information content (AvgIpc) is 3.47. The van der Waals surface area contributed by atoms with Crippen LogP contribution in [0.25, 0.3) is 54.3 Å². The molecule has 0 spiro atoms. The number of phenols is 1. The molecule has 0 aliphatic carbocycles. The van der Waals surface area contributed by atoms with Gasteiger partial charge >= 0.3 is 0 Å². The van der Waals surface area contributed by atoms with Crippen molar-refractivity contribution in [3.63, 3.8) is 0 Å². The van der Waals surface area contributed by atoms with Crippen LogP contribution in [0.3, 0.4) is 0 Å². The molecule has 0 aliphatic rings. The van der Waals surface area contributed by atoms with Gasteiger partial charge in [0, 0.05) is 17.3 Å². The Morgan fingerprint density at radius 1 is 0.561 bits per heavy atom. The van der Waals surface area contributed by atoms with Gasteiger partial charge in [0.25, 0.3) is 0 Å². The van der Waals surface area contributed by atoms with Crippen LogP contribution >= 0.6 is 11.3 Å². The van der Waals surface area contributed by atoms with Crippen molar-refractivity contribution in [2.24, 2.45) is 0 Å². The van der Waals surface area contributed by atoms with Crippen molar-refractivity contribution >= 4 is 21.6 Å².